The number of hydrogen-bond donors (Lipinski definition) is 1. The first-order valence-corrected chi connectivity index (χ1v) is 5.11. The lowest BCUT2D eigenvalue weighted by Crippen LogP contribution is -2.00. The smallest absolute Gasteiger partial charge is 0.126 e. The van der Waals surface area contributed by atoms with E-state index in [4.69, 9.17) is 0 Å². The first-order chi connectivity index (χ1) is 6.66. The van der Waals surface area contributed by atoms with Gasteiger partial charge in [-0.05, 0) is 49.3 Å². The Balaban J connectivity index is 2.20. The summed E-state index contributed by atoms with van der Waals surface area (Å²) in [5.74, 6) is 0.275. The minimum Gasteiger partial charge on any atom is -0.393 e. The summed E-state index contributed by atoms with van der Waals surface area (Å²) in [6.07, 6.45) is 2.56. The topological polar surface area (TPSA) is 20.2 Å². The molecular formula is C12H15FO. The van der Waals surface area contributed by atoms with Crippen LogP contribution in [0.15, 0.2) is 18.2 Å². The molecule has 0 saturated heterocycles. The lowest BCUT2D eigenvalue weighted by Gasteiger charge is -2.10. The molecule has 2 atom stereocenters. The van der Waals surface area contributed by atoms with E-state index < -0.39 is 0 Å². The van der Waals surface area contributed by atoms with E-state index in [9.17, 15) is 9.50 Å². The summed E-state index contributed by atoms with van der Waals surface area (Å²) in [7, 11) is 0. The molecule has 1 nitrogen and oxygen atoms in total. The number of rotatable bonds is 1. The fraction of sp³-hybridized carbons (Fsp3) is 0.500. The van der Waals surface area contributed by atoms with Crippen LogP contribution >= 0.6 is 0 Å². The minimum atomic E-state index is -0.162. The highest BCUT2D eigenvalue weighted by Gasteiger charge is 2.24. The van der Waals surface area contributed by atoms with Crippen molar-refractivity contribution in [3.63, 3.8) is 0 Å². The third kappa shape index (κ3) is 1.80. The van der Waals surface area contributed by atoms with Crippen LogP contribution in [-0.4, -0.2) is 11.2 Å². The lowest BCUT2D eigenvalue weighted by molar-refractivity contribution is 0.181. The minimum absolute atomic E-state index is 0.146. The van der Waals surface area contributed by atoms with Crippen molar-refractivity contribution in [2.24, 2.45) is 0 Å². The molecule has 0 amide bonds. The van der Waals surface area contributed by atoms with E-state index in [0.717, 1.165) is 19.3 Å². The Bertz CT molecular complexity index is 335. The molecule has 1 saturated carbocycles. The first-order valence-electron chi connectivity index (χ1n) is 5.11. The Hall–Kier alpha value is -0.890. The maximum absolute atomic E-state index is 13.0. The number of aliphatic hydroxyl groups is 1. The zero-order chi connectivity index (χ0) is 10.1. The Kier molecular flexibility index (Phi) is 2.55. The van der Waals surface area contributed by atoms with Gasteiger partial charge in [-0.15, -0.1) is 0 Å². The fourth-order valence-electron chi connectivity index (χ4n) is 2.18. The molecule has 1 aliphatic rings. The number of benzene rings is 1. The van der Waals surface area contributed by atoms with Crippen LogP contribution in [0.4, 0.5) is 4.39 Å². The molecule has 2 heteroatoms. The van der Waals surface area contributed by atoms with Crippen LogP contribution in [0.25, 0.3) is 0 Å². The number of aliphatic hydroxyl groups excluding tert-OH is 1. The van der Waals surface area contributed by atoms with Gasteiger partial charge in [-0.3, -0.25) is 0 Å². The van der Waals surface area contributed by atoms with Crippen molar-refractivity contribution >= 4 is 0 Å². The van der Waals surface area contributed by atoms with Gasteiger partial charge in [0.05, 0.1) is 6.10 Å². The second-order valence-corrected chi connectivity index (χ2v) is 4.17. The van der Waals surface area contributed by atoms with Gasteiger partial charge in [-0.25, -0.2) is 4.39 Å². The Morgan fingerprint density at radius 1 is 1.36 bits per heavy atom. The van der Waals surface area contributed by atoms with Crippen molar-refractivity contribution in [1.29, 1.82) is 0 Å². The highest BCUT2D eigenvalue weighted by atomic mass is 19.1. The second kappa shape index (κ2) is 3.70. The second-order valence-electron chi connectivity index (χ2n) is 4.17. The van der Waals surface area contributed by atoms with Crippen LogP contribution in [0.3, 0.4) is 0 Å². The van der Waals surface area contributed by atoms with Crippen LogP contribution in [0.1, 0.15) is 36.3 Å². The molecule has 0 spiro atoms. The van der Waals surface area contributed by atoms with Gasteiger partial charge in [-0.1, -0.05) is 12.1 Å². The highest BCUT2D eigenvalue weighted by Crippen LogP contribution is 2.34. The number of aryl methyl sites for hydroxylation is 1. The molecule has 2 unspecified atom stereocenters. The molecule has 1 aromatic carbocycles. The summed E-state index contributed by atoms with van der Waals surface area (Å²) < 4.78 is 13.0. The maximum atomic E-state index is 13.0. The van der Waals surface area contributed by atoms with Crippen LogP contribution in [0.5, 0.6) is 0 Å². The van der Waals surface area contributed by atoms with E-state index in [1.165, 1.54) is 11.6 Å². The molecule has 0 aromatic heterocycles. The summed E-state index contributed by atoms with van der Waals surface area (Å²) >= 11 is 0. The van der Waals surface area contributed by atoms with Crippen molar-refractivity contribution in [3.05, 3.63) is 35.1 Å². The zero-order valence-electron chi connectivity index (χ0n) is 8.33. The summed E-state index contributed by atoms with van der Waals surface area (Å²) in [5.41, 5.74) is 1.87. The molecule has 14 heavy (non-hydrogen) atoms. The van der Waals surface area contributed by atoms with Crippen molar-refractivity contribution < 1.29 is 9.50 Å². The van der Waals surface area contributed by atoms with E-state index in [-0.39, 0.29) is 11.9 Å². The van der Waals surface area contributed by atoms with Crippen LogP contribution in [0, 0.1) is 12.7 Å². The number of hydrogen-bond acceptors (Lipinski definition) is 1. The van der Waals surface area contributed by atoms with Crippen molar-refractivity contribution in [2.75, 3.05) is 0 Å². The normalized spacial score (nSPS) is 26.8. The Morgan fingerprint density at radius 3 is 2.71 bits per heavy atom. The molecular weight excluding hydrogens is 179 g/mol. The standard InChI is InChI=1S/C12H15FO/c1-8-6-9(3-5-12(8)13)10-2-4-11(14)7-10/h3,5-6,10-11,14H,2,4,7H2,1H3. The molecule has 0 heterocycles. The average Bonchev–Trinajstić information content (AvgIpc) is 2.57. The van der Waals surface area contributed by atoms with Crippen molar-refractivity contribution in [3.8, 4) is 0 Å². The van der Waals surface area contributed by atoms with Crippen molar-refractivity contribution in [2.45, 2.75) is 38.2 Å². The van der Waals surface area contributed by atoms with E-state index in [1.807, 2.05) is 12.1 Å². The van der Waals surface area contributed by atoms with Gasteiger partial charge in [-0.2, -0.15) is 0 Å². The van der Waals surface area contributed by atoms with Crippen LogP contribution < -0.4 is 0 Å². The molecule has 1 fully saturated rings. The lowest BCUT2D eigenvalue weighted by atomic mass is 9.96. The molecule has 0 bridgehead atoms. The molecule has 2 rings (SSSR count). The zero-order valence-corrected chi connectivity index (χ0v) is 8.33. The largest absolute Gasteiger partial charge is 0.393 e. The molecule has 0 aliphatic heterocycles. The summed E-state index contributed by atoms with van der Waals surface area (Å²) in [4.78, 5) is 0. The predicted octanol–water partition coefficient (Wildman–Crippen LogP) is 2.76. The summed E-state index contributed by atoms with van der Waals surface area (Å²) in [5, 5.41) is 9.41. The molecule has 0 radical (unpaired) electrons. The van der Waals surface area contributed by atoms with E-state index in [1.54, 1.807) is 6.92 Å². The first kappa shape index (κ1) is 9.66. The van der Waals surface area contributed by atoms with Crippen molar-refractivity contribution in [1.82, 2.24) is 0 Å². The van der Waals surface area contributed by atoms with Crippen LogP contribution in [0.2, 0.25) is 0 Å². The van der Waals surface area contributed by atoms with Gasteiger partial charge >= 0.3 is 0 Å². The third-order valence-corrected chi connectivity index (χ3v) is 3.06. The van der Waals surface area contributed by atoms with Gasteiger partial charge in [0.2, 0.25) is 0 Å². The molecule has 1 aliphatic carbocycles. The Labute approximate surface area is 83.6 Å². The third-order valence-electron chi connectivity index (χ3n) is 3.06. The predicted molar refractivity (Wildman–Crippen MR) is 53.7 cm³/mol. The van der Waals surface area contributed by atoms with Gasteiger partial charge in [0.25, 0.3) is 0 Å². The molecule has 76 valence electrons. The van der Waals surface area contributed by atoms with Gasteiger partial charge in [0, 0.05) is 0 Å². The summed E-state index contributed by atoms with van der Waals surface area (Å²) in [6.45, 7) is 1.78. The van der Waals surface area contributed by atoms with E-state index in [0.29, 0.717) is 11.5 Å². The Morgan fingerprint density at radius 2 is 2.14 bits per heavy atom. The number of halogens is 1. The van der Waals surface area contributed by atoms with E-state index in [2.05, 4.69) is 0 Å². The SMILES string of the molecule is Cc1cc(C2CCC(O)C2)ccc1F. The van der Waals surface area contributed by atoms with Gasteiger partial charge < -0.3 is 5.11 Å². The van der Waals surface area contributed by atoms with Gasteiger partial charge in [0.15, 0.2) is 0 Å². The van der Waals surface area contributed by atoms with Gasteiger partial charge in [0.1, 0.15) is 5.82 Å². The average molecular weight is 194 g/mol. The van der Waals surface area contributed by atoms with E-state index >= 15 is 0 Å². The molecule has 1 aromatic rings. The highest BCUT2D eigenvalue weighted by molar-refractivity contribution is 5.27. The summed E-state index contributed by atoms with van der Waals surface area (Å²) in [6, 6.07) is 5.26. The van der Waals surface area contributed by atoms with Crippen LogP contribution in [-0.2, 0) is 0 Å². The maximum Gasteiger partial charge on any atom is 0.126 e. The monoisotopic (exact) mass is 194 g/mol. The molecule has 1 N–H and O–H groups in total. The quantitative estimate of drug-likeness (QED) is 0.728. The fourth-order valence-corrected chi connectivity index (χ4v) is 2.18.